The number of aromatic nitrogens is 1. The molecule has 1 atom stereocenters. The van der Waals surface area contributed by atoms with Crippen LogP contribution in [0.4, 0.5) is 10.5 Å². The van der Waals surface area contributed by atoms with Gasteiger partial charge in [0, 0.05) is 38.3 Å². The highest BCUT2D eigenvalue weighted by Gasteiger charge is 2.22. The van der Waals surface area contributed by atoms with Crippen LogP contribution in [0.1, 0.15) is 45.5 Å². The summed E-state index contributed by atoms with van der Waals surface area (Å²) in [5, 5.41) is 5.27. The lowest BCUT2D eigenvalue weighted by Gasteiger charge is -2.22. The highest BCUT2D eigenvalue weighted by Crippen LogP contribution is 2.40. The molecule has 0 saturated carbocycles. The van der Waals surface area contributed by atoms with Crippen LogP contribution in [0, 0.1) is 0 Å². The van der Waals surface area contributed by atoms with Gasteiger partial charge in [-0.2, -0.15) is 0 Å². The number of ether oxygens (including phenoxy) is 2. The second-order valence-electron chi connectivity index (χ2n) is 7.06. The van der Waals surface area contributed by atoms with Gasteiger partial charge in [0.1, 0.15) is 10.5 Å². The Labute approximate surface area is 181 Å². The molecule has 7 nitrogen and oxygen atoms in total. The van der Waals surface area contributed by atoms with Crippen LogP contribution in [0.25, 0.3) is 21.0 Å². The molecule has 1 unspecified atom stereocenters. The number of hydrogen-bond donors (Lipinski definition) is 2. The zero-order chi connectivity index (χ0) is 26.4. The molecule has 2 N–H and O–H groups in total. The van der Waals surface area contributed by atoms with Crippen LogP contribution < -0.4 is 10.6 Å². The van der Waals surface area contributed by atoms with E-state index < -0.39 is 37.0 Å². The smallest absolute Gasteiger partial charge is 0.407 e. The van der Waals surface area contributed by atoms with Gasteiger partial charge in [0.15, 0.2) is 0 Å². The first-order chi connectivity index (χ1) is 16.0. The molecular formula is C21H25N3O4S. The predicted molar refractivity (Wildman–Crippen MR) is 116 cm³/mol. The topological polar surface area (TPSA) is 89.6 Å². The van der Waals surface area contributed by atoms with Crippen molar-refractivity contribution in [3.63, 3.8) is 0 Å². The summed E-state index contributed by atoms with van der Waals surface area (Å²) in [4.78, 5) is 29.2. The first kappa shape index (κ1) is 14.2. The number of nitrogens with one attached hydrogen (secondary N) is 2. The maximum atomic E-state index is 12.6. The van der Waals surface area contributed by atoms with Crippen molar-refractivity contribution in [2.24, 2.45) is 0 Å². The predicted octanol–water partition coefficient (Wildman–Crippen LogP) is 4.56. The van der Waals surface area contributed by atoms with Gasteiger partial charge in [-0.25, -0.2) is 9.59 Å². The van der Waals surface area contributed by atoms with Crippen LogP contribution in [0.5, 0.6) is 0 Å². The zero-order valence-electron chi connectivity index (χ0n) is 22.4. The van der Waals surface area contributed by atoms with E-state index >= 15 is 0 Å². The summed E-state index contributed by atoms with van der Waals surface area (Å²) in [6.45, 7) is -1.85. The highest BCUT2D eigenvalue weighted by atomic mass is 32.1. The average Bonchev–Trinajstić information content (AvgIpc) is 3.09. The fourth-order valence-electron chi connectivity index (χ4n) is 2.67. The van der Waals surface area contributed by atoms with E-state index in [0.29, 0.717) is 21.0 Å². The molecule has 0 bridgehead atoms. The number of carbonyl (C=O) groups excluding carboxylic acids is 2. The largest absolute Gasteiger partial charge is 0.465 e. The molecule has 154 valence electrons. The van der Waals surface area contributed by atoms with E-state index in [9.17, 15) is 9.59 Å². The molecule has 8 heteroatoms. The van der Waals surface area contributed by atoms with Gasteiger partial charge >= 0.3 is 12.1 Å². The van der Waals surface area contributed by atoms with Crippen molar-refractivity contribution in [1.82, 2.24) is 10.3 Å². The van der Waals surface area contributed by atoms with E-state index in [1.807, 2.05) is 5.32 Å². The van der Waals surface area contributed by atoms with Crippen molar-refractivity contribution in [3.8, 4) is 0 Å². The second kappa shape index (κ2) is 8.24. The lowest BCUT2D eigenvalue weighted by Crippen LogP contribution is -2.40. The average molecular weight is 422 g/mol. The van der Waals surface area contributed by atoms with Crippen LogP contribution in [-0.2, 0) is 9.47 Å². The van der Waals surface area contributed by atoms with E-state index in [4.69, 9.17) is 17.7 Å². The monoisotopic (exact) mass is 421 g/mol. The molecule has 0 aliphatic rings. The Kier molecular flexibility index (Phi) is 4.03. The van der Waals surface area contributed by atoms with Crippen molar-refractivity contribution >= 4 is 50.1 Å². The third-order valence-electron chi connectivity index (χ3n) is 3.75. The molecule has 1 amide bonds. The number of benzene rings is 1. The number of alkyl carbamates (subject to hydrolysis) is 1. The molecular weight excluding hydrogens is 390 g/mol. The molecule has 3 rings (SSSR count). The number of pyridine rings is 1. The minimum absolute atomic E-state index is 0.0344. The fourth-order valence-corrected chi connectivity index (χ4v) is 3.76. The number of carbonyl (C=O) groups is 2. The lowest BCUT2D eigenvalue weighted by molar-refractivity contribution is 0.0509. The minimum atomic E-state index is -3.35. The summed E-state index contributed by atoms with van der Waals surface area (Å²) in [7, 11) is 1.16. The summed E-state index contributed by atoms with van der Waals surface area (Å²) < 4.78 is 59.8. The number of anilines is 1. The molecule has 0 fully saturated rings. The summed E-state index contributed by atoms with van der Waals surface area (Å²) in [6.07, 6.45) is 0.287. The van der Waals surface area contributed by atoms with Gasteiger partial charge in [-0.15, -0.1) is 11.3 Å². The van der Waals surface area contributed by atoms with Gasteiger partial charge < -0.3 is 20.1 Å². The summed E-state index contributed by atoms with van der Waals surface area (Å²) >= 11 is 1.01. The van der Waals surface area contributed by atoms with Crippen LogP contribution in [0.15, 0.2) is 30.5 Å². The normalized spacial score (nSPS) is 17.7. The molecule has 2 heterocycles. The summed E-state index contributed by atoms with van der Waals surface area (Å²) in [5.41, 5.74) is -0.544. The van der Waals surface area contributed by atoms with E-state index in [1.54, 1.807) is 51.2 Å². The Bertz CT molecular complexity index is 1290. The van der Waals surface area contributed by atoms with Gasteiger partial charge in [-0.1, -0.05) is 6.07 Å². The third-order valence-corrected chi connectivity index (χ3v) is 4.88. The van der Waals surface area contributed by atoms with Gasteiger partial charge in [0.05, 0.1) is 22.4 Å². The second-order valence-corrected chi connectivity index (χ2v) is 8.11. The highest BCUT2D eigenvalue weighted by molar-refractivity contribution is 7.21. The Morgan fingerprint density at radius 2 is 2.17 bits per heavy atom. The summed E-state index contributed by atoms with van der Waals surface area (Å²) in [6, 6.07) is 3.59. The molecule has 1 aromatic carbocycles. The number of fused-ring (bicyclic) bond motifs is 3. The van der Waals surface area contributed by atoms with E-state index in [-0.39, 0.29) is 10.6 Å². The third kappa shape index (κ3) is 4.76. The van der Waals surface area contributed by atoms with Crippen LogP contribution in [0.2, 0.25) is 0 Å². The molecule has 0 radical (unpaired) electrons. The van der Waals surface area contributed by atoms with Gasteiger partial charge in [0.2, 0.25) is 0 Å². The Morgan fingerprint density at radius 3 is 2.86 bits per heavy atom. The quantitative estimate of drug-likeness (QED) is 0.587. The van der Waals surface area contributed by atoms with Gasteiger partial charge in [0.25, 0.3) is 0 Å². The van der Waals surface area contributed by atoms with Crippen molar-refractivity contribution in [1.29, 1.82) is 0 Å². The maximum absolute atomic E-state index is 12.6. The van der Waals surface area contributed by atoms with Gasteiger partial charge in [-0.3, -0.25) is 4.98 Å². The van der Waals surface area contributed by atoms with E-state index in [2.05, 4.69) is 10.3 Å². The standard InChI is InChI=1S/C21H25N3O4S/c1-12(24-20(26)28-21(2,3)4)11-23-17-16-13-7-6-10-22-14(13)8-9-15(16)29-18(17)19(25)27-5/h6-10,12,23H,11H2,1-5H3,(H,24,26)/i1D3,11D2,12D. The van der Waals surface area contributed by atoms with Crippen molar-refractivity contribution in [2.75, 3.05) is 18.9 Å². The van der Waals surface area contributed by atoms with E-state index in [1.165, 1.54) is 0 Å². The number of hydrogen-bond acceptors (Lipinski definition) is 7. The van der Waals surface area contributed by atoms with Crippen molar-refractivity contribution < 1.29 is 27.3 Å². The number of thiophene rings is 1. The first-order valence-corrected chi connectivity index (χ1v) is 9.50. The maximum Gasteiger partial charge on any atom is 0.407 e. The molecule has 0 saturated heterocycles. The fraction of sp³-hybridized carbons (Fsp3) is 0.381. The van der Waals surface area contributed by atoms with Gasteiger partial charge in [-0.05, 0) is 45.8 Å². The molecule has 29 heavy (non-hydrogen) atoms. The molecule has 0 aliphatic heterocycles. The van der Waals surface area contributed by atoms with Crippen molar-refractivity contribution in [3.05, 3.63) is 35.3 Å². The number of esters is 1. The molecule has 2 aromatic heterocycles. The lowest BCUT2D eigenvalue weighted by atomic mass is 10.1. The van der Waals surface area contributed by atoms with E-state index in [0.717, 1.165) is 18.4 Å². The first-order valence-electron chi connectivity index (χ1n) is 11.7. The Balaban J connectivity index is 2.19. The van der Waals surface area contributed by atoms with Crippen molar-refractivity contribution in [2.45, 2.75) is 39.2 Å². The molecule has 0 spiro atoms. The van der Waals surface area contributed by atoms with Crippen LogP contribution >= 0.6 is 11.3 Å². The number of methoxy groups -OCH3 is 1. The zero-order valence-corrected chi connectivity index (χ0v) is 17.2. The number of amides is 1. The molecule has 3 aromatic rings. The number of rotatable bonds is 5. The SMILES string of the molecule is [2H]C([2H])([2H])C([2H])(NC(=O)OC(C)(C)C)C([2H])([2H])Nc1c(C(=O)OC)sc2ccc3ncccc3c12. The summed E-state index contributed by atoms with van der Waals surface area (Å²) in [5.74, 6) is -0.786. The Hall–Kier alpha value is -2.87. The van der Waals surface area contributed by atoms with Crippen LogP contribution in [-0.4, -0.2) is 42.3 Å². The van der Waals surface area contributed by atoms with Crippen LogP contribution in [0.3, 0.4) is 0 Å². The number of nitrogens with zero attached hydrogens (tertiary/aromatic N) is 1. The molecule has 0 aliphatic carbocycles. The Morgan fingerprint density at radius 1 is 1.38 bits per heavy atom. The minimum Gasteiger partial charge on any atom is -0.465 e.